The number of pyridine rings is 1. The maximum Gasteiger partial charge on any atom is 0.277 e. The molecule has 0 aliphatic carbocycles. The summed E-state index contributed by atoms with van der Waals surface area (Å²) >= 11 is 5.81. The van der Waals surface area contributed by atoms with Crippen molar-refractivity contribution in [1.29, 1.82) is 0 Å². The average Bonchev–Trinajstić information content (AvgIpc) is 2.86. The lowest BCUT2D eigenvalue weighted by Crippen LogP contribution is -2.38. The SMILES string of the molecule is Cc1ccc(NC(=O)c2ccc(S(C)(=O)=O)cc2OC2CCNCC2)c(C(=O)NC2=NC=C(Cl)CC2=O)n1. The first-order valence-electron chi connectivity index (χ1n) is 11.8. The largest absolute Gasteiger partial charge is 0.489 e. The van der Waals surface area contributed by atoms with Gasteiger partial charge in [-0.15, -0.1) is 0 Å². The van der Waals surface area contributed by atoms with Crippen molar-refractivity contribution in [2.45, 2.75) is 37.2 Å². The summed E-state index contributed by atoms with van der Waals surface area (Å²) < 4.78 is 30.4. The van der Waals surface area contributed by atoms with Gasteiger partial charge in [-0.05, 0) is 63.2 Å². The molecule has 1 saturated heterocycles. The van der Waals surface area contributed by atoms with E-state index >= 15 is 0 Å². The highest BCUT2D eigenvalue weighted by molar-refractivity contribution is 7.90. The van der Waals surface area contributed by atoms with Gasteiger partial charge >= 0.3 is 0 Å². The van der Waals surface area contributed by atoms with Crippen LogP contribution in [0.2, 0.25) is 0 Å². The summed E-state index contributed by atoms with van der Waals surface area (Å²) in [6.07, 6.45) is 3.45. The summed E-state index contributed by atoms with van der Waals surface area (Å²) in [7, 11) is -3.55. The minimum Gasteiger partial charge on any atom is -0.489 e. The molecule has 38 heavy (non-hydrogen) atoms. The van der Waals surface area contributed by atoms with Crippen LogP contribution in [-0.4, -0.2) is 62.3 Å². The zero-order valence-corrected chi connectivity index (χ0v) is 22.3. The monoisotopic (exact) mass is 559 g/mol. The van der Waals surface area contributed by atoms with Gasteiger partial charge in [0.15, 0.2) is 21.4 Å². The number of rotatable bonds is 6. The van der Waals surface area contributed by atoms with E-state index in [1.807, 2.05) is 0 Å². The van der Waals surface area contributed by atoms with E-state index in [0.29, 0.717) is 18.5 Å². The Labute approximate surface area is 224 Å². The zero-order chi connectivity index (χ0) is 27.4. The molecule has 1 aromatic heterocycles. The van der Waals surface area contributed by atoms with E-state index in [2.05, 4.69) is 25.9 Å². The molecule has 200 valence electrons. The summed E-state index contributed by atoms with van der Waals surface area (Å²) in [5.74, 6) is -1.91. The molecule has 2 aliphatic rings. The van der Waals surface area contributed by atoms with E-state index in [9.17, 15) is 22.8 Å². The number of carbonyl (C=O) groups excluding carboxylic acids is 3. The van der Waals surface area contributed by atoms with Gasteiger partial charge in [0, 0.05) is 23.2 Å². The molecular weight excluding hydrogens is 534 g/mol. The number of amidine groups is 1. The number of aryl methyl sites for hydroxylation is 1. The summed E-state index contributed by atoms with van der Waals surface area (Å²) in [5, 5.41) is 8.56. The Morgan fingerprint density at radius 1 is 1.11 bits per heavy atom. The molecule has 0 saturated carbocycles. The molecular formula is C25H26ClN5O6S. The van der Waals surface area contributed by atoms with E-state index in [4.69, 9.17) is 16.3 Å². The Balaban J connectivity index is 1.62. The Morgan fingerprint density at radius 3 is 2.53 bits per heavy atom. The number of allylic oxidation sites excluding steroid dienone is 1. The average molecular weight is 560 g/mol. The number of hydrogen-bond donors (Lipinski definition) is 3. The van der Waals surface area contributed by atoms with Crippen LogP contribution in [0.15, 0.2) is 51.5 Å². The van der Waals surface area contributed by atoms with E-state index in [-0.39, 0.29) is 51.0 Å². The smallest absolute Gasteiger partial charge is 0.277 e. The van der Waals surface area contributed by atoms with Crippen molar-refractivity contribution >= 4 is 50.6 Å². The van der Waals surface area contributed by atoms with Gasteiger partial charge in [0.05, 0.1) is 22.6 Å². The number of benzene rings is 1. The predicted octanol–water partition coefficient (Wildman–Crippen LogP) is 2.36. The Kier molecular flexibility index (Phi) is 8.24. The molecule has 0 unspecified atom stereocenters. The van der Waals surface area contributed by atoms with Gasteiger partial charge in [-0.3, -0.25) is 14.4 Å². The van der Waals surface area contributed by atoms with Crippen molar-refractivity contribution in [2.24, 2.45) is 4.99 Å². The van der Waals surface area contributed by atoms with Gasteiger partial charge in [0.1, 0.15) is 11.9 Å². The number of halogens is 1. The molecule has 1 fully saturated rings. The highest BCUT2D eigenvalue weighted by Crippen LogP contribution is 2.27. The second kappa shape index (κ2) is 11.4. The van der Waals surface area contributed by atoms with Crippen LogP contribution >= 0.6 is 11.6 Å². The van der Waals surface area contributed by atoms with Crippen molar-refractivity contribution in [2.75, 3.05) is 24.7 Å². The van der Waals surface area contributed by atoms with Gasteiger partial charge in [-0.2, -0.15) is 0 Å². The number of amides is 2. The predicted molar refractivity (Wildman–Crippen MR) is 141 cm³/mol. The van der Waals surface area contributed by atoms with Crippen LogP contribution in [0.25, 0.3) is 0 Å². The molecule has 3 N–H and O–H groups in total. The van der Waals surface area contributed by atoms with Crippen LogP contribution in [0.3, 0.4) is 0 Å². The number of carbonyl (C=O) groups is 3. The standard InChI is InChI=1S/C25H26ClN5O6S/c1-14-3-6-19(22(29-14)25(34)31-23-20(32)11-15(26)13-28-23)30-24(33)18-5-4-17(38(2,35)36)12-21(18)37-16-7-9-27-10-8-16/h3-6,12-13,16,27H,7-11H2,1-2H3,(H,30,33)(H,28,31,34). The molecule has 0 atom stereocenters. The van der Waals surface area contributed by atoms with Crippen LogP contribution in [0, 0.1) is 6.92 Å². The Morgan fingerprint density at radius 2 is 1.84 bits per heavy atom. The van der Waals surface area contributed by atoms with E-state index < -0.39 is 27.4 Å². The third kappa shape index (κ3) is 6.63. The minimum absolute atomic E-state index is 0.0159. The normalized spacial score (nSPS) is 16.3. The third-order valence-corrected chi connectivity index (χ3v) is 7.20. The van der Waals surface area contributed by atoms with Crippen LogP contribution in [-0.2, 0) is 14.6 Å². The van der Waals surface area contributed by atoms with Gasteiger partial charge in [0.25, 0.3) is 11.8 Å². The maximum absolute atomic E-state index is 13.4. The second-order valence-corrected chi connectivity index (χ2v) is 11.4. The number of aromatic nitrogens is 1. The second-order valence-electron chi connectivity index (χ2n) is 8.91. The third-order valence-electron chi connectivity index (χ3n) is 5.86. The first kappa shape index (κ1) is 27.4. The highest BCUT2D eigenvalue weighted by Gasteiger charge is 2.25. The fraction of sp³-hybridized carbons (Fsp3) is 0.320. The van der Waals surface area contributed by atoms with Crippen molar-refractivity contribution in [3.05, 3.63) is 58.5 Å². The van der Waals surface area contributed by atoms with E-state index in [0.717, 1.165) is 19.3 Å². The van der Waals surface area contributed by atoms with Crippen LogP contribution in [0.1, 0.15) is 45.8 Å². The van der Waals surface area contributed by atoms with Crippen LogP contribution in [0.4, 0.5) is 5.69 Å². The lowest BCUT2D eigenvalue weighted by Gasteiger charge is -2.25. The molecule has 3 heterocycles. The fourth-order valence-electron chi connectivity index (χ4n) is 3.89. The van der Waals surface area contributed by atoms with Crippen molar-refractivity contribution in [3.63, 3.8) is 0 Å². The molecule has 0 spiro atoms. The van der Waals surface area contributed by atoms with Crippen LogP contribution in [0.5, 0.6) is 5.75 Å². The summed E-state index contributed by atoms with van der Waals surface area (Å²) in [6, 6.07) is 7.14. The van der Waals surface area contributed by atoms with Crippen LogP contribution < -0.4 is 20.7 Å². The molecule has 0 bridgehead atoms. The number of Topliss-reactive ketones (excluding diaryl/α,β-unsaturated/α-hetero) is 1. The summed E-state index contributed by atoms with van der Waals surface area (Å²) in [6.45, 7) is 3.14. The molecule has 2 aliphatic heterocycles. The lowest BCUT2D eigenvalue weighted by molar-refractivity contribution is -0.112. The number of piperidine rings is 1. The number of ketones is 1. The van der Waals surface area contributed by atoms with Gasteiger partial charge in [-0.1, -0.05) is 11.6 Å². The molecule has 2 aromatic rings. The van der Waals surface area contributed by atoms with Gasteiger partial charge in [0.2, 0.25) is 5.78 Å². The van der Waals surface area contributed by atoms with E-state index in [1.165, 1.54) is 30.5 Å². The number of nitrogens with one attached hydrogen (secondary N) is 3. The quantitative estimate of drug-likeness (QED) is 0.487. The topological polar surface area (TPSA) is 156 Å². The molecule has 0 radical (unpaired) electrons. The number of aliphatic imine (C=N–C) groups is 1. The lowest BCUT2D eigenvalue weighted by atomic mass is 10.1. The molecule has 13 heteroatoms. The van der Waals surface area contributed by atoms with Gasteiger partial charge in [-0.25, -0.2) is 18.4 Å². The maximum atomic E-state index is 13.4. The number of nitrogens with zero attached hydrogens (tertiary/aromatic N) is 2. The summed E-state index contributed by atoms with van der Waals surface area (Å²) in [5.41, 5.74) is 0.536. The number of ether oxygens (including phenoxy) is 1. The fourth-order valence-corrected chi connectivity index (χ4v) is 4.70. The molecule has 1 aromatic carbocycles. The Hall–Kier alpha value is -3.61. The van der Waals surface area contributed by atoms with Crippen molar-refractivity contribution in [3.8, 4) is 5.75 Å². The first-order valence-corrected chi connectivity index (χ1v) is 14.1. The first-order chi connectivity index (χ1) is 18.0. The molecule has 2 amide bonds. The number of anilines is 1. The Bertz CT molecular complexity index is 1460. The molecule has 11 nitrogen and oxygen atoms in total. The number of hydrogen-bond acceptors (Lipinski definition) is 9. The summed E-state index contributed by atoms with van der Waals surface area (Å²) in [4.78, 5) is 46.7. The zero-order valence-electron chi connectivity index (χ0n) is 20.7. The molecule has 4 rings (SSSR count). The number of sulfone groups is 1. The highest BCUT2D eigenvalue weighted by atomic mass is 35.5. The van der Waals surface area contributed by atoms with Crippen molar-refractivity contribution < 1.29 is 27.5 Å². The van der Waals surface area contributed by atoms with Crippen molar-refractivity contribution in [1.82, 2.24) is 15.6 Å². The van der Waals surface area contributed by atoms with Gasteiger partial charge < -0.3 is 20.7 Å². The minimum atomic E-state index is -3.55. The van der Waals surface area contributed by atoms with E-state index in [1.54, 1.807) is 13.0 Å².